The molecule has 3 N–H and O–H groups in total. The molecule has 0 saturated heterocycles. The van der Waals surface area contributed by atoms with Gasteiger partial charge in [-0.05, 0) is 97.9 Å². The first-order chi connectivity index (χ1) is 20.7. The van der Waals surface area contributed by atoms with Gasteiger partial charge in [0.2, 0.25) is 0 Å². The third-order valence-corrected chi connectivity index (χ3v) is 10.1. The molecule has 0 radical (unpaired) electrons. The van der Waals surface area contributed by atoms with Gasteiger partial charge >= 0.3 is 5.97 Å². The van der Waals surface area contributed by atoms with E-state index < -0.39 is 5.97 Å². The van der Waals surface area contributed by atoms with Crippen molar-refractivity contribution in [1.29, 1.82) is 0 Å². The van der Waals surface area contributed by atoms with Crippen LogP contribution in [0.4, 0.5) is 0 Å². The molecule has 4 aliphatic carbocycles. The zero-order valence-corrected chi connectivity index (χ0v) is 24.8. The molecule has 44 heavy (non-hydrogen) atoms. The minimum atomic E-state index is -0.622. The van der Waals surface area contributed by atoms with E-state index in [4.69, 9.17) is 22.1 Å². The van der Waals surface area contributed by atoms with Gasteiger partial charge in [0.25, 0.3) is 5.91 Å². The van der Waals surface area contributed by atoms with E-state index in [1.54, 1.807) is 34.9 Å². The number of pyridine rings is 1. The van der Waals surface area contributed by atoms with Crippen LogP contribution in [0.15, 0.2) is 77.6 Å². The monoisotopic (exact) mass is 611 g/mol. The molecule has 1 amide bonds. The maximum Gasteiger partial charge on any atom is 0.355 e. The molecular formula is C36H38ClN3O4. The maximum atomic E-state index is 13.9. The molecule has 8 rings (SSSR count). The lowest BCUT2D eigenvalue weighted by Crippen LogP contribution is -2.64. The SMILES string of the molecule is C.COC(=O)c1c(Cc2ccc(C(=O)NC3[C@@H]4CC5C[C@H]3CC(N)(C5)C4)cc2)c(=O)c2ccc(Cl)cc2n1-c1ccccc1. The van der Waals surface area contributed by atoms with Gasteiger partial charge in [0.05, 0.1) is 12.6 Å². The lowest BCUT2D eigenvalue weighted by molar-refractivity contribution is -0.0278. The molecule has 4 aromatic rings. The summed E-state index contributed by atoms with van der Waals surface area (Å²) in [4.78, 5) is 40.5. The second kappa shape index (κ2) is 11.5. The first-order valence-corrected chi connectivity index (χ1v) is 15.3. The fraction of sp³-hybridized carbons (Fsp3) is 0.361. The number of aromatic nitrogens is 1. The van der Waals surface area contributed by atoms with Crippen LogP contribution in [0.5, 0.6) is 0 Å². The van der Waals surface area contributed by atoms with Crippen molar-refractivity contribution < 1.29 is 14.3 Å². The highest BCUT2D eigenvalue weighted by Crippen LogP contribution is 2.54. The molecule has 4 bridgehead atoms. The van der Waals surface area contributed by atoms with E-state index in [2.05, 4.69) is 5.32 Å². The zero-order valence-electron chi connectivity index (χ0n) is 24.0. The van der Waals surface area contributed by atoms with Crippen LogP contribution in [0.2, 0.25) is 5.02 Å². The molecule has 4 aliphatic rings. The minimum Gasteiger partial charge on any atom is -0.464 e. The van der Waals surface area contributed by atoms with E-state index in [0.29, 0.717) is 50.5 Å². The number of nitrogens with two attached hydrogens (primary N) is 1. The van der Waals surface area contributed by atoms with Crippen molar-refractivity contribution >= 4 is 34.4 Å². The van der Waals surface area contributed by atoms with E-state index in [-0.39, 0.29) is 42.5 Å². The number of amides is 1. The highest BCUT2D eigenvalue weighted by atomic mass is 35.5. The fourth-order valence-electron chi connectivity index (χ4n) is 8.26. The van der Waals surface area contributed by atoms with Crippen LogP contribution in [0.1, 0.15) is 71.5 Å². The predicted octanol–water partition coefficient (Wildman–Crippen LogP) is 6.29. The summed E-state index contributed by atoms with van der Waals surface area (Å²) in [7, 11) is 1.30. The van der Waals surface area contributed by atoms with Gasteiger partial charge in [0.15, 0.2) is 5.43 Å². The van der Waals surface area contributed by atoms with Gasteiger partial charge in [-0.1, -0.05) is 49.4 Å². The summed E-state index contributed by atoms with van der Waals surface area (Å²) in [6.45, 7) is 0. The molecular weight excluding hydrogens is 574 g/mol. The Balaban J connectivity index is 0.00000343. The maximum absolute atomic E-state index is 13.9. The van der Waals surface area contributed by atoms with Gasteiger partial charge in [-0.15, -0.1) is 0 Å². The number of esters is 1. The number of fused-ring (bicyclic) bond motifs is 1. The highest BCUT2D eigenvalue weighted by molar-refractivity contribution is 6.31. The number of methoxy groups -OCH3 is 1. The van der Waals surface area contributed by atoms with E-state index in [1.807, 2.05) is 42.5 Å². The van der Waals surface area contributed by atoms with E-state index in [9.17, 15) is 14.4 Å². The molecule has 8 heteroatoms. The predicted molar refractivity (Wildman–Crippen MR) is 174 cm³/mol. The smallest absolute Gasteiger partial charge is 0.355 e. The van der Waals surface area contributed by atoms with Gasteiger partial charge in [-0.25, -0.2) is 4.79 Å². The lowest BCUT2D eigenvalue weighted by atomic mass is 9.51. The Bertz CT molecular complexity index is 1780. The normalized spacial score (nSPS) is 25.0. The number of halogens is 1. The Hall–Kier alpha value is -3.94. The van der Waals surface area contributed by atoms with Crippen molar-refractivity contribution in [2.75, 3.05) is 7.11 Å². The summed E-state index contributed by atoms with van der Waals surface area (Å²) in [5, 5.41) is 4.23. The molecule has 228 valence electrons. The molecule has 4 saturated carbocycles. The molecule has 7 nitrogen and oxygen atoms in total. The summed E-state index contributed by atoms with van der Waals surface area (Å²) in [5.41, 5.74) is 9.40. The van der Waals surface area contributed by atoms with E-state index in [0.717, 1.165) is 37.7 Å². The first-order valence-electron chi connectivity index (χ1n) is 14.9. The van der Waals surface area contributed by atoms with Crippen LogP contribution in [0, 0.1) is 17.8 Å². The number of nitrogens with zero attached hydrogens (tertiary/aromatic N) is 1. The molecule has 3 aromatic carbocycles. The third kappa shape index (κ3) is 5.22. The van der Waals surface area contributed by atoms with Crippen molar-refractivity contribution in [2.45, 2.75) is 57.5 Å². The molecule has 1 aromatic heterocycles. The van der Waals surface area contributed by atoms with E-state index >= 15 is 0 Å². The van der Waals surface area contributed by atoms with Crippen molar-refractivity contribution in [3.8, 4) is 5.69 Å². The minimum absolute atomic E-state index is 0. The molecule has 5 atom stereocenters. The standard InChI is InChI=1S/C35H34ClN3O4.CH4/c1-43-34(42)31-28(32(40)27-12-11-25(36)16-29(27)39(31)26-5-3-2-4-6-26)15-20-7-9-22(10-8-20)33(41)38-30-23-13-21-14-24(30)19-35(37,17-21)18-23;/h2-12,16,21,23-24,30H,13-15,17-19,37H2,1H3,(H,38,41);1H4/t21?,23-,24+,30?,35?;. The average Bonchev–Trinajstić information content (AvgIpc) is 2.99. The lowest BCUT2D eigenvalue weighted by Gasteiger charge is -2.58. The number of hydrogen-bond acceptors (Lipinski definition) is 5. The molecule has 0 aliphatic heterocycles. The number of nitrogens with one attached hydrogen (secondary N) is 1. The van der Waals surface area contributed by atoms with Gasteiger partial charge in [-0.3, -0.25) is 9.59 Å². The quantitative estimate of drug-likeness (QED) is 0.249. The summed E-state index contributed by atoms with van der Waals surface area (Å²) in [5.74, 6) is 0.892. The number of ether oxygens (including phenoxy) is 1. The highest BCUT2D eigenvalue weighted by Gasteiger charge is 2.54. The van der Waals surface area contributed by atoms with Crippen molar-refractivity contribution in [2.24, 2.45) is 23.5 Å². The number of para-hydroxylation sites is 1. The summed E-state index contributed by atoms with van der Waals surface area (Å²) in [6.07, 6.45) is 5.60. The van der Waals surface area contributed by atoms with Gasteiger partial charge in [0, 0.05) is 45.2 Å². The first kappa shape index (κ1) is 30.1. The van der Waals surface area contributed by atoms with Gasteiger partial charge < -0.3 is 20.4 Å². The number of hydrogen-bond donors (Lipinski definition) is 2. The second-order valence-corrected chi connectivity index (χ2v) is 13.1. The van der Waals surface area contributed by atoms with Crippen LogP contribution >= 0.6 is 11.6 Å². The Kier molecular flexibility index (Phi) is 7.89. The molecule has 0 spiro atoms. The third-order valence-electron chi connectivity index (χ3n) is 9.84. The largest absolute Gasteiger partial charge is 0.464 e. The van der Waals surface area contributed by atoms with Crippen LogP contribution in [0.25, 0.3) is 16.6 Å². The molecule has 4 fully saturated rings. The Morgan fingerprint density at radius 3 is 2.32 bits per heavy atom. The Morgan fingerprint density at radius 1 is 1.00 bits per heavy atom. The Labute approximate surface area is 262 Å². The summed E-state index contributed by atoms with van der Waals surface area (Å²) >= 11 is 6.34. The van der Waals surface area contributed by atoms with Crippen LogP contribution in [-0.4, -0.2) is 35.1 Å². The molecule has 1 heterocycles. The topological polar surface area (TPSA) is 103 Å². The van der Waals surface area contributed by atoms with Crippen molar-refractivity contribution in [3.05, 3.63) is 110 Å². The van der Waals surface area contributed by atoms with Crippen molar-refractivity contribution in [1.82, 2.24) is 9.88 Å². The fourth-order valence-corrected chi connectivity index (χ4v) is 8.43. The van der Waals surface area contributed by atoms with Crippen LogP contribution < -0.4 is 16.5 Å². The number of carbonyl (C=O) groups excluding carboxylic acids is 2. The van der Waals surface area contributed by atoms with Gasteiger partial charge in [-0.2, -0.15) is 0 Å². The zero-order chi connectivity index (χ0) is 29.9. The number of rotatable bonds is 6. The van der Waals surface area contributed by atoms with Crippen LogP contribution in [-0.2, 0) is 11.2 Å². The average molecular weight is 612 g/mol. The second-order valence-electron chi connectivity index (χ2n) is 12.7. The van der Waals surface area contributed by atoms with Crippen LogP contribution in [0.3, 0.4) is 0 Å². The van der Waals surface area contributed by atoms with Crippen molar-refractivity contribution in [3.63, 3.8) is 0 Å². The summed E-state index contributed by atoms with van der Waals surface area (Å²) in [6, 6.07) is 21.8. The summed E-state index contributed by atoms with van der Waals surface area (Å²) < 4.78 is 6.93. The van der Waals surface area contributed by atoms with Gasteiger partial charge in [0.1, 0.15) is 5.69 Å². The number of benzene rings is 3. The number of carbonyl (C=O) groups is 2. The molecule has 3 unspecified atom stereocenters. The van der Waals surface area contributed by atoms with E-state index in [1.165, 1.54) is 7.11 Å². The Morgan fingerprint density at radius 2 is 1.68 bits per heavy atom.